The van der Waals surface area contributed by atoms with Crippen molar-refractivity contribution in [2.75, 3.05) is 0 Å². The highest BCUT2D eigenvalue weighted by Gasteiger charge is 1.90. The molecule has 2 aromatic rings. The van der Waals surface area contributed by atoms with Crippen molar-refractivity contribution in [3.05, 3.63) is 59.9 Å². The molecule has 2 rings (SSSR count). The number of aromatic nitrogens is 2. The van der Waals surface area contributed by atoms with E-state index in [1.807, 2.05) is 0 Å². The molecule has 0 unspecified atom stereocenters. The molecule has 3 heteroatoms. The van der Waals surface area contributed by atoms with E-state index in [-0.39, 0.29) is 5.82 Å². The smallest absolute Gasteiger partial charge is 0.124 e. The molecule has 0 bridgehead atoms. The summed E-state index contributed by atoms with van der Waals surface area (Å²) < 4.78 is 12.8. The Hall–Kier alpha value is -2.21. The minimum atomic E-state index is -0.286. The van der Waals surface area contributed by atoms with Crippen molar-refractivity contribution < 1.29 is 4.39 Å². The fourth-order valence-electron chi connectivity index (χ4n) is 1.07. The van der Waals surface area contributed by atoms with Gasteiger partial charge in [-0.3, -0.25) is 0 Å². The summed E-state index contributed by atoms with van der Waals surface area (Å²) in [5.41, 5.74) is 1.35. The second kappa shape index (κ2) is 4.34. The molecule has 0 aliphatic carbocycles. The Morgan fingerprint density at radius 3 is 2.47 bits per heavy atom. The van der Waals surface area contributed by atoms with E-state index in [0.717, 1.165) is 0 Å². The lowest BCUT2D eigenvalue weighted by molar-refractivity contribution is 0.627. The van der Waals surface area contributed by atoms with E-state index in [4.69, 9.17) is 0 Å². The number of halogens is 1. The highest BCUT2D eigenvalue weighted by molar-refractivity contribution is 5.40. The molecule has 1 aromatic heterocycles. The normalized spacial score (nSPS) is 9.13. The highest BCUT2D eigenvalue weighted by atomic mass is 19.1. The Balaban J connectivity index is 2.26. The van der Waals surface area contributed by atoms with Crippen molar-refractivity contribution in [3.8, 4) is 11.8 Å². The van der Waals surface area contributed by atoms with Crippen molar-refractivity contribution in [1.82, 2.24) is 9.97 Å². The summed E-state index contributed by atoms with van der Waals surface area (Å²) >= 11 is 0. The van der Waals surface area contributed by atoms with Gasteiger partial charge in [-0.2, -0.15) is 0 Å². The molecule has 0 spiro atoms. The summed E-state index contributed by atoms with van der Waals surface area (Å²) in [6.45, 7) is 0. The van der Waals surface area contributed by atoms with Gasteiger partial charge >= 0.3 is 0 Å². The van der Waals surface area contributed by atoms with Gasteiger partial charge in [0.2, 0.25) is 0 Å². The number of nitrogens with zero attached hydrogens (tertiary/aromatic N) is 2. The zero-order valence-corrected chi connectivity index (χ0v) is 7.81. The maximum Gasteiger partial charge on any atom is 0.124 e. The molecular formula is C12H7FN2. The van der Waals surface area contributed by atoms with Gasteiger partial charge < -0.3 is 0 Å². The van der Waals surface area contributed by atoms with Crippen LogP contribution in [-0.4, -0.2) is 9.97 Å². The summed E-state index contributed by atoms with van der Waals surface area (Å²) in [4.78, 5) is 7.65. The van der Waals surface area contributed by atoms with Crippen LogP contribution in [0.1, 0.15) is 11.1 Å². The van der Waals surface area contributed by atoms with Crippen LogP contribution in [0.5, 0.6) is 0 Å². The van der Waals surface area contributed by atoms with Gasteiger partial charge in [-0.1, -0.05) is 17.9 Å². The van der Waals surface area contributed by atoms with E-state index in [9.17, 15) is 4.39 Å². The summed E-state index contributed by atoms with van der Waals surface area (Å²) in [5.74, 6) is 5.39. The summed E-state index contributed by atoms with van der Waals surface area (Å²) in [5, 5.41) is 0. The lowest BCUT2D eigenvalue weighted by atomic mass is 10.2. The lowest BCUT2D eigenvalue weighted by Crippen LogP contribution is -1.81. The first kappa shape index (κ1) is 9.35. The first-order valence-corrected chi connectivity index (χ1v) is 4.37. The largest absolute Gasteiger partial charge is 0.244 e. The van der Waals surface area contributed by atoms with Crippen LogP contribution in [0.15, 0.2) is 43.0 Å². The Morgan fingerprint density at radius 1 is 1.00 bits per heavy atom. The number of hydrogen-bond donors (Lipinski definition) is 0. The van der Waals surface area contributed by atoms with Crippen LogP contribution in [0, 0.1) is 17.7 Å². The van der Waals surface area contributed by atoms with E-state index in [1.54, 1.807) is 24.5 Å². The fourth-order valence-corrected chi connectivity index (χ4v) is 1.07. The van der Waals surface area contributed by atoms with Gasteiger partial charge in [-0.05, 0) is 18.2 Å². The van der Waals surface area contributed by atoms with Crippen molar-refractivity contribution in [1.29, 1.82) is 0 Å². The molecule has 0 saturated carbocycles. The summed E-state index contributed by atoms with van der Waals surface area (Å²) in [6, 6.07) is 6.15. The van der Waals surface area contributed by atoms with Gasteiger partial charge in [-0.25, -0.2) is 14.4 Å². The molecule has 1 heterocycles. The second-order valence-corrected chi connectivity index (χ2v) is 2.89. The van der Waals surface area contributed by atoms with Crippen LogP contribution in [0.3, 0.4) is 0 Å². The maximum absolute atomic E-state index is 12.8. The SMILES string of the molecule is Fc1cccc(C#Cc2cncnc2)c1. The minimum Gasteiger partial charge on any atom is -0.244 e. The van der Waals surface area contributed by atoms with Crippen LogP contribution in [0.2, 0.25) is 0 Å². The van der Waals surface area contributed by atoms with Gasteiger partial charge in [0.05, 0.1) is 5.56 Å². The van der Waals surface area contributed by atoms with Gasteiger partial charge in [0.15, 0.2) is 0 Å². The average Bonchev–Trinajstić information content (AvgIpc) is 2.28. The summed E-state index contributed by atoms with van der Waals surface area (Å²) in [7, 11) is 0. The van der Waals surface area contributed by atoms with E-state index in [0.29, 0.717) is 11.1 Å². The standard InChI is InChI=1S/C12H7FN2/c13-12-3-1-2-10(6-12)4-5-11-7-14-9-15-8-11/h1-3,6-9H. The fraction of sp³-hybridized carbons (Fsp3) is 0. The lowest BCUT2D eigenvalue weighted by Gasteiger charge is -1.89. The topological polar surface area (TPSA) is 25.8 Å². The van der Waals surface area contributed by atoms with Gasteiger partial charge in [0, 0.05) is 18.0 Å². The molecule has 1 aromatic carbocycles. The maximum atomic E-state index is 12.8. The third kappa shape index (κ3) is 2.61. The Bertz CT molecular complexity index is 512. The van der Waals surface area contributed by atoms with E-state index >= 15 is 0 Å². The Kier molecular flexibility index (Phi) is 2.70. The zero-order chi connectivity index (χ0) is 10.5. The zero-order valence-electron chi connectivity index (χ0n) is 7.81. The molecule has 0 saturated heterocycles. The van der Waals surface area contributed by atoms with Crippen molar-refractivity contribution in [2.24, 2.45) is 0 Å². The Morgan fingerprint density at radius 2 is 1.73 bits per heavy atom. The molecule has 2 nitrogen and oxygen atoms in total. The third-order valence-electron chi connectivity index (χ3n) is 1.74. The molecule has 0 amide bonds. The molecule has 0 aliphatic rings. The third-order valence-corrected chi connectivity index (χ3v) is 1.74. The molecule has 0 atom stereocenters. The van der Waals surface area contributed by atoms with Gasteiger partial charge in [0.25, 0.3) is 0 Å². The number of benzene rings is 1. The minimum absolute atomic E-state index is 0.286. The van der Waals surface area contributed by atoms with Crippen LogP contribution in [-0.2, 0) is 0 Å². The Labute approximate surface area is 86.8 Å². The molecule has 0 N–H and O–H groups in total. The van der Waals surface area contributed by atoms with E-state index < -0.39 is 0 Å². The molecular weight excluding hydrogens is 191 g/mol. The number of rotatable bonds is 0. The van der Waals surface area contributed by atoms with Crippen molar-refractivity contribution in [2.45, 2.75) is 0 Å². The number of hydrogen-bond acceptors (Lipinski definition) is 2. The predicted molar refractivity (Wildman–Crippen MR) is 54.4 cm³/mol. The van der Waals surface area contributed by atoms with Crippen molar-refractivity contribution in [3.63, 3.8) is 0 Å². The summed E-state index contributed by atoms with van der Waals surface area (Å²) in [6.07, 6.45) is 4.66. The van der Waals surface area contributed by atoms with Gasteiger partial charge in [-0.15, -0.1) is 0 Å². The highest BCUT2D eigenvalue weighted by Crippen LogP contribution is 2.01. The molecule has 15 heavy (non-hydrogen) atoms. The molecule has 0 radical (unpaired) electrons. The first-order chi connectivity index (χ1) is 7.34. The quantitative estimate of drug-likeness (QED) is 0.605. The van der Waals surface area contributed by atoms with Gasteiger partial charge in [0.1, 0.15) is 12.1 Å². The van der Waals surface area contributed by atoms with E-state index in [1.165, 1.54) is 18.5 Å². The van der Waals surface area contributed by atoms with Crippen LogP contribution in [0.4, 0.5) is 4.39 Å². The molecule has 0 fully saturated rings. The molecule has 0 aliphatic heterocycles. The first-order valence-electron chi connectivity index (χ1n) is 4.37. The average molecular weight is 198 g/mol. The monoisotopic (exact) mass is 198 g/mol. The second-order valence-electron chi connectivity index (χ2n) is 2.89. The molecule has 72 valence electrons. The van der Waals surface area contributed by atoms with Crippen LogP contribution >= 0.6 is 0 Å². The van der Waals surface area contributed by atoms with Crippen molar-refractivity contribution >= 4 is 0 Å². The van der Waals surface area contributed by atoms with E-state index in [2.05, 4.69) is 21.8 Å². The van der Waals surface area contributed by atoms with Crippen LogP contribution in [0.25, 0.3) is 0 Å². The van der Waals surface area contributed by atoms with Crippen LogP contribution < -0.4 is 0 Å². The predicted octanol–water partition coefficient (Wildman–Crippen LogP) is 2.02.